The van der Waals surface area contributed by atoms with E-state index in [4.69, 9.17) is 0 Å². The molecule has 0 aliphatic rings. The number of benzene rings is 1. The van der Waals surface area contributed by atoms with Gasteiger partial charge in [0, 0.05) is 0 Å². The minimum Gasteiger partial charge on any atom is -0.659 e. The van der Waals surface area contributed by atoms with Crippen molar-refractivity contribution in [2.45, 2.75) is 48.1 Å². The number of nitrogens with zero attached hydrogens (tertiary/aromatic N) is 1. The molecule has 0 saturated carbocycles. The van der Waals surface area contributed by atoms with Gasteiger partial charge in [0.1, 0.15) is 0 Å². The molecular formula is C14H26KN. The molecule has 0 aliphatic carbocycles. The van der Waals surface area contributed by atoms with Gasteiger partial charge in [0.25, 0.3) is 0 Å². The standard InChI is InChI=1S/C10H14N.2C2H6.K/c1-3-11-8-10-6-4-9(2)5-7-10;2*1-2;/h4-7H,3,8H2,1-2H3;2*1-2H3;/q-1;;;+1. The Labute approximate surface area is 145 Å². The molecule has 1 aromatic rings. The summed E-state index contributed by atoms with van der Waals surface area (Å²) in [6.45, 7) is 13.9. The van der Waals surface area contributed by atoms with Gasteiger partial charge in [0.05, 0.1) is 0 Å². The second kappa shape index (κ2) is 18.2. The topological polar surface area (TPSA) is 14.1 Å². The summed E-state index contributed by atoms with van der Waals surface area (Å²) in [5.74, 6) is 0. The van der Waals surface area contributed by atoms with E-state index < -0.39 is 0 Å². The Hall–Kier alpha value is 0.816. The first kappa shape index (κ1) is 22.0. The van der Waals surface area contributed by atoms with Crippen LogP contribution in [0.2, 0.25) is 0 Å². The largest absolute Gasteiger partial charge is 1.00 e. The molecule has 0 amide bonds. The van der Waals surface area contributed by atoms with Crippen LogP contribution in [0.3, 0.4) is 0 Å². The van der Waals surface area contributed by atoms with Crippen LogP contribution in [-0.4, -0.2) is 6.54 Å². The summed E-state index contributed by atoms with van der Waals surface area (Å²) < 4.78 is 0. The molecular weight excluding hydrogens is 221 g/mol. The van der Waals surface area contributed by atoms with Crippen LogP contribution in [0.5, 0.6) is 0 Å². The molecule has 0 spiro atoms. The monoisotopic (exact) mass is 247 g/mol. The van der Waals surface area contributed by atoms with Crippen molar-refractivity contribution in [1.82, 2.24) is 0 Å². The predicted octanol–water partition coefficient (Wildman–Crippen LogP) is 1.95. The van der Waals surface area contributed by atoms with Gasteiger partial charge in [-0.2, -0.15) is 6.54 Å². The SMILES string of the molecule is CC.CC.CC[N-]Cc1ccc(C)cc1.[K+]. The maximum Gasteiger partial charge on any atom is 1.00 e. The van der Waals surface area contributed by atoms with Crippen LogP contribution in [0.15, 0.2) is 24.3 Å². The molecule has 0 radical (unpaired) electrons. The van der Waals surface area contributed by atoms with Gasteiger partial charge in [-0.05, 0) is 6.92 Å². The van der Waals surface area contributed by atoms with E-state index in [1.54, 1.807) is 0 Å². The molecule has 0 saturated heterocycles. The Balaban J connectivity index is -0.000000305. The van der Waals surface area contributed by atoms with Gasteiger partial charge in [0.15, 0.2) is 0 Å². The molecule has 0 N–H and O–H groups in total. The third-order valence-electron chi connectivity index (χ3n) is 1.64. The normalized spacial score (nSPS) is 7.62. The first-order valence-electron chi connectivity index (χ1n) is 6.01. The fraction of sp³-hybridized carbons (Fsp3) is 0.571. The molecule has 0 bridgehead atoms. The molecule has 88 valence electrons. The molecule has 0 aliphatic heterocycles. The van der Waals surface area contributed by atoms with Gasteiger partial charge < -0.3 is 5.32 Å². The van der Waals surface area contributed by atoms with E-state index in [-0.39, 0.29) is 51.4 Å². The zero-order chi connectivity index (χ0) is 12.1. The Morgan fingerprint density at radius 3 is 1.75 bits per heavy atom. The molecule has 1 rings (SSSR count). The van der Waals surface area contributed by atoms with E-state index in [0.717, 1.165) is 13.1 Å². The van der Waals surface area contributed by atoms with E-state index in [1.165, 1.54) is 11.1 Å². The van der Waals surface area contributed by atoms with Crippen molar-refractivity contribution in [3.05, 3.63) is 40.7 Å². The van der Waals surface area contributed by atoms with Gasteiger partial charge in [-0.3, -0.25) is 0 Å². The summed E-state index contributed by atoms with van der Waals surface area (Å²) in [7, 11) is 0. The van der Waals surface area contributed by atoms with E-state index in [0.29, 0.717) is 0 Å². The average Bonchev–Trinajstić information content (AvgIpc) is 2.34. The first-order chi connectivity index (χ1) is 7.33. The fourth-order valence-corrected chi connectivity index (χ4v) is 0.934. The van der Waals surface area contributed by atoms with Gasteiger partial charge in [-0.15, -0.1) is 6.54 Å². The molecule has 2 heteroatoms. The Morgan fingerprint density at radius 1 is 0.938 bits per heavy atom. The van der Waals surface area contributed by atoms with Crippen LogP contribution in [0.1, 0.15) is 45.7 Å². The van der Waals surface area contributed by atoms with E-state index in [9.17, 15) is 0 Å². The minimum absolute atomic E-state index is 0. The van der Waals surface area contributed by atoms with Crippen LogP contribution in [0.25, 0.3) is 5.32 Å². The third-order valence-corrected chi connectivity index (χ3v) is 1.64. The molecule has 0 aromatic heterocycles. The number of hydrogen-bond donors (Lipinski definition) is 0. The summed E-state index contributed by atoms with van der Waals surface area (Å²) in [4.78, 5) is 0. The van der Waals surface area contributed by atoms with E-state index >= 15 is 0 Å². The van der Waals surface area contributed by atoms with Crippen molar-refractivity contribution in [1.29, 1.82) is 0 Å². The second-order valence-electron chi connectivity index (χ2n) is 2.68. The Bertz CT molecular complexity index is 206. The van der Waals surface area contributed by atoms with Crippen molar-refractivity contribution in [2.75, 3.05) is 6.54 Å². The predicted molar refractivity (Wildman–Crippen MR) is 71.5 cm³/mol. The van der Waals surface area contributed by atoms with Crippen molar-refractivity contribution in [2.24, 2.45) is 0 Å². The zero-order valence-corrected chi connectivity index (χ0v) is 15.3. The molecule has 0 heterocycles. The van der Waals surface area contributed by atoms with Crippen LogP contribution in [0.4, 0.5) is 0 Å². The van der Waals surface area contributed by atoms with Crippen LogP contribution in [-0.2, 0) is 6.54 Å². The van der Waals surface area contributed by atoms with Crippen molar-refractivity contribution >= 4 is 0 Å². The molecule has 0 unspecified atom stereocenters. The Kier molecular flexibility index (Phi) is 25.1. The summed E-state index contributed by atoms with van der Waals surface area (Å²) in [5, 5.41) is 4.27. The van der Waals surface area contributed by atoms with Gasteiger partial charge in [0.2, 0.25) is 0 Å². The summed E-state index contributed by atoms with van der Waals surface area (Å²) in [6.07, 6.45) is 0. The number of hydrogen-bond acceptors (Lipinski definition) is 0. The zero-order valence-electron chi connectivity index (χ0n) is 12.2. The minimum atomic E-state index is 0. The van der Waals surface area contributed by atoms with Crippen LogP contribution < -0.4 is 51.4 Å². The summed E-state index contributed by atoms with van der Waals surface area (Å²) >= 11 is 0. The maximum atomic E-state index is 4.27. The van der Waals surface area contributed by atoms with Crippen molar-refractivity contribution < 1.29 is 51.4 Å². The molecule has 16 heavy (non-hydrogen) atoms. The van der Waals surface area contributed by atoms with Crippen molar-refractivity contribution in [3.63, 3.8) is 0 Å². The second-order valence-corrected chi connectivity index (χ2v) is 2.68. The molecule has 0 fully saturated rings. The molecule has 1 aromatic carbocycles. The van der Waals surface area contributed by atoms with E-state index in [1.807, 2.05) is 27.7 Å². The van der Waals surface area contributed by atoms with Gasteiger partial charge in [-0.25, -0.2) is 0 Å². The number of rotatable bonds is 3. The Morgan fingerprint density at radius 2 is 1.38 bits per heavy atom. The quantitative estimate of drug-likeness (QED) is 0.725. The smallest absolute Gasteiger partial charge is 0.659 e. The third kappa shape index (κ3) is 12.9. The van der Waals surface area contributed by atoms with Gasteiger partial charge >= 0.3 is 51.4 Å². The van der Waals surface area contributed by atoms with Crippen molar-refractivity contribution in [3.8, 4) is 0 Å². The summed E-state index contributed by atoms with van der Waals surface area (Å²) in [6, 6.07) is 8.52. The number of aryl methyl sites for hydroxylation is 1. The first-order valence-corrected chi connectivity index (χ1v) is 6.01. The summed E-state index contributed by atoms with van der Waals surface area (Å²) in [5.41, 5.74) is 2.61. The average molecular weight is 247 g/mol. The fourth-order valence-electron chi connectivity index (χ4n) is 0.934. The van der Waals surface area contributed by atoms with Crippen LogP contribution in [0, 0.1) is 6.92 Å². The van der Waals surface area contributed by atoms with E-state index in [2.05, 4.69) is 43.4 Å². The molecule has 0 atom stereocenters. The molecule has 1 nitrogen and oxygen atoms in total. The van der Waals surface area contributed by atoms with Gasteiger partial charge in [-0.1, -0.05) is 70.0 Å². The maximum absolute atomic E-state index is 4.27. The van der Waals surface area contributed by atoms with Crippen LogP contribution >= 0.6 is 0 Å².